The van der Waals surface area contributed by atoms with Crippen molar-refractivity contribution in [1.82, 2.24) is 5.32 Å². The summed E-state index contributed by atoms with van der Waals surface area (Å²) < 4.78 is 42.0. The van der Waals surface area contributed by atoms with Gasteiger partial charge in [0.25, 0.3) is 0 Å². The minimum atomic E-state index is -3.67. The van der Waals surface area contributed by atoms with Crippen molar-refractivity contribution in [3.8, 4) is 17.2 Å². The topological polar surface area (TPSA) is 94.2 Å². The average Bonchev–Trinajstić information content (AvgIpc) is 2.69. The maximum absolute atomic E-state index is 12.7. The van der Waals surface area contributed by atoms with E-state index < -0.39 is 15.9 Å². The Hall–Kier alpha value is -2.94. The smallest absolute Gasteiger partial charge is 0.241 e. The van der Waals surface area contributed by atoms with Crippen molar-refractivity contribution in [2.75, 3.05) is 38.4 Å². The van der Waals surface area contributed by atoms with Crippen LogP contribution < -0.4 is 23.8 Å². The molecule has 31 heavy (non-hydrogen) atoms. The number of nitrogens with zero attached hydrogens (tertiary/aromatic N) is 1. The molecule has 0 heterocycles. The van der Waals surface area contributed by atoms with Crippen LogP contribution >= 0.6 is 0 Å². The molecule has 0 saturated heterocycles. The van der Waals surface area contributed by atoms with Crippen LogP contribution in [-0.4, -0.2) is 48.5 Å². The van der Waals surface area contributed by atoms with Crippen molar-refractivity contribution in [3.05, 3.63) is 46.5 Å². The van der Waals surface area contributed by atoms with Gasteiger partial charge in [-0.15, -0.1) is 0 Å². The lowest BCUT2D eigenvalue weighted by Crippen LogP contribution is -2.40. The molecule has 170 valence electrons. The fourth-order valence-electron chi connectivity index (χ4n) is 3.55. The second-order valence-corrected chi connectivity index (χ2v) is 9.23. The Labute approximate surface area is 184 Å². The van der Waals surface area contributed by atoms with Crippen LogP contribution in [0.25, 0.3) is 0 Å². The summed E-state index contributed by atoms with van der Waals surface area (Å²) in [5.74, 6) is 0.955. The molecule has 9 heteroatoms. The summed E-state index contributed by atoms with van der Waals surface area (Å²) in [5.41, 5.74) is 3.85. The molecule has 2 rings (SSSR count). The van der Waals surface area contributed by atoms with Gasteiger partial charge < -0.3 is 19.5 Å². The number of hydrogen-bond donors (Lipinski definition) is 1. The third-order valence-corrected chi connectivity index (χ3v) is 5.90. The van der Waals surface area contributed by atoms with E-state index >= 15 is 0 Å². The van der Waals surface area contributed by atoms with Crippen LogP contribution in [0.3, 0.4) is 0 Å². The van der Waals surface area contributed by atoms with Gasteiger partial charge in [0, 0.05) is 6.54 Å². The number of rotatable bonds is 9. The van der Waals surface area contributed by atoms with Crippen LogP contribution in [0.1, 0.15) is 22.3 Å². The monoisotopic (exact) mass is 450 g/mol. The van der Waals surface area contributed by atoms with E-state index in [1.165, 1.54) is 21.3 Å². The zero-order chi connectivity index (χ0) is 23.3. The standard InChI is InChI=1S/C22H30N2O6S/c1-14-8-15(2)21(16(3)9-14)24(31(7,26)27)13-20(25)23-12-17-10-18(28-4)22(30-6)19(11-17)29-5/h8-11H,12-13H2,1-7H3,(H,23,25). The molecule has 0 radical (unpaired) electrons. The van der Waals surface area contributed by atoms with Gasteiger partial charge in [0.2, 0.25) is 21.7 Å². The van der Waals surface area contributed by atoms with E-state index in [-0.39, 0.29) is 13.1 Å². The number of nitrogens with one attached hydrogen (secondary N) is 1. The first-order chi connectivity index (χ1) is 14.5. The van der Waals surface area contributed by atoms with E-state index in [1.807, 2.05) is 32.9 Å². The van der Waals surface area contributed by atoms with E-state index in [1.54, 1.807) is 12.1 Å². The normalized spacial score (nSPS) is 11.1. The first-order valence-electron chi connectivity index (χ1n) is 9.63. The fraction of sp³-hybridized carbons (Fsp3) is 0.409. The van der Waals surface area contributed by atoms with Gasteiger partial charge >= 0.3 is 0 Å². The predicted octanol–water partition coefficient (Wildman–Crippen LogP) is 2.72. The maximum Gasteiger partial charge on any atom is 0.241 e. The van der Waals surface area contributed by atoms with Gasteiger partial charge in [0.05, 0.1) is 33.3 Å². The molecule has 0 aliphatic rings. The van der Waals surface area contributed by atoms with Gasteiger partial charge in [0.15, 0.2) is 11.5 Å². The van der Waals surface area contributed by atoms with Gasteiger partial charge in [-0.3, -0.25) is 9.10 Å². The summed E-state index contributed by atoms with van der Waals surface area (Å²) in [7, 11) is 0.862. The number of anilines is 1. The molecule has 0 bridgehead atoms. The van der Waals surface area contributed by atoms with Gasteiger partial charge in [-0.05, 0) is 49.6 Å². The minimum Gasteiger partial charge on any atom is -0.493 e. The van der Waals surface area contributed by atoms with Crippen LogP contribution in [0.2, 0.25) is 0 Å². The highest BCUT2D eigenvalue weighted by atomic mass is 32.2. The molecule has 0 unspecified atom stereocenters. The summed E-state index contributed by atoms with van der Waals surface area (Å²) in [6, 6.07) is 7.25. The lowest BCUT2D eigenvalue weighted by Gasteiger charge is -2.26. The Morgan fingerprint density at radius 1 is 0.935 bits per heavy atom. The number of sulfonamides is 1. The lowest BCUT2D eigenvalue weighted by atomic mass is 10.1. The van der Waals surface area contributed by atoms with Crippen LogP contribution in [0.4, 0.5) is 5.69 Å². The summed E-state index contributed by atoms with van der Waals surface area (Å²) in [5, 5.41) is 2.76. The number of hydrogen-bond acceptors (Lipinski definition) is 6. The summed E-state index contributed by atoms with van der Waals surface area (Å²) in [6.07, 6.45) is 1.10. The average molecular weight is 451 g/mol. The number of amides is 1. The Kier molecular flexibility index (Phi) is 7.78. The molecular formula is C22H30N2O6S. The number of carbonyl (C=O) groups excluding carboxylic acids is 1. The highest BCUT2D eigenvalue weighted by Crippen LogP contribution is 2.38. The predicted molar refractivity (Wildman–Crippen MR) is 121 cm³/mol. The van der Waals surface area contributed by atoms with E-state index in [0.717, 1.165) is 32.8 Å². The third-order valence-electron chi connectivity index (χ3n) is 4.79. The minimum absolute atomic E-state index is 0.166. The summed E-state index contributed by atoms with van der Waals surface area (Å²) >= 11 is 0. The van der Waals surface area contributed by atoms with Crippen LogP contribution in [0.15, 0.2) is 24.3 Å². The number of benzene rings is 2. The first kappa shape index (κ1) is 24.3. The Balaban J connectivity index is 2.24. The number of aryl methyl sites for hydroxylation is 3. The molecule has 0 aliphatic carbocycles. The largest absolute Gasteiger partial charge is 0.493 e. The van der Waals surface area contributed by atoms with Gasteiger partial charge in [0.1, 0.15) is 6.54 Å². The van der Waals surface area contributed by atoms with Gasteiger partial charge in [-0.25, -0.2) is 8.42 Å². The van der Waals surface area contributed by atoms with Crippen LogP contribution in [0.5, 0.6) is 17.2 Å². The van der Waals surface area contributed by atoms with E-state index in [2.05, 4.69) is 5.32 Å². The van der Waals surface area contributed by atoms with Crippen molar-refractivity contribution in [2.45, 2.75) is 27.3 Å². The molecule has 8 nitrogen and oxygen atoms in total. The Morgan fingerprint density at radius 2 is 1.45 bits per heavy atom. The molecule has 0 saturated carbocycles. The quantitative estimate of drug-likeness (QED) is 0.631. The number of ether oxygens (including phenoxy) is 3. The number of carbonyl (C=O) groups is 1. The van der Waals surface area contributed by atoms with Crippen molar-refractivity contribution in [3.63, 3.8) is 0 Å². The Morgan fingerprint density at radius 3 is 1.87 bits per heavy atom. The summed E-state index contributed by atoms with van der Waals surface area (Å²) in [4.78, 5) is 12.7. The van der Waals surface area contributed by atoms with E-state index in [4.69, 9.17) is 14.2 Å². The molecule has 0 atom stereocenters. The molecule has 0 aliphatic heterocycles. The van der Waals surface area contributed by atoms with Crippen LogP contribution in [0, 0.1) is 20.8 Å². The van der Waals surface area contributed by atoms with Gasteiger partial charge in [-0.1, -0.05) is 17.7 Å². The van der Waals surface area contributed by atoms with Crippen molar-refractivity contribution in [1.29, 1.82) is 0 Å². The van der Waals surface area contributed by atoms with Crippen molar-refractivity contribution >= 4 is 21.6 Å². The van der Waals surface area contributed by atoms with Crippen molar-refractivity contribution < 1.29 is 27.4 Å². The van der Waals surface area contributed by atoms with E-state index in [9.17, 15) is 13.2 Å². The molecule has 1 N–H and O–H groups in total. The fourth-order valence-corrected chi connectivity index (χ4v) is 4.52. The molecule has 0 aromatic heterocycles. The van der Waals surface area contributed by atoms with Crippen molar-refractivity contribution in [2.24, 2.45) is 0 Å². The van der Waals surface area contributed by atoms with Gasteiger partial charge in [-0.2, -0.15) is 0 Å². The molecule has 0 fully saturated rings. The zero-order valence-electron chi connectivity index (χ0n) is 19.0. The second kappa shape index (κ2) is 9.91. The summed E-state index contributed by atoms with van der Waals surface area (Å²) in [6.45, 7) is 5.45. The van der Waals surface area contributed by atoms with Crippen LogP contribution in [-0.2, 0) is 21.4 Å². The Bertz CT molecular complexity index is 1020. The molecular weight excluding hydrogens is 420 g/mol. The van der Waals surface area contributed by atoms with E-state index in [0.29, 0.717) is 22.9 Å². The third kappa shape index (κ3) is 5.81. The first-order valence-corrected chi connectivity index (χ1v) is 11.5. The highest BCUT2D eigenvalue weighted by Gasteiger charge is 2.24. The molecule has 1 amide bonds. The molecule has 2 aromatic carbocycles. The SMILES string of the molecule is COc1cc(CNC(=O)CN(c2c(C)cc(C)cc2C)S(C)(=O)=O)cc(OC)c1OC. The second-order valence-electron chi connectivity index (χ2n) is 7.33. The maximum atomic E-state index is 12.7. The molecule has 2 aromatic rings. The zero-order valence-corrected chi connectivity index (χ0v) is 19.8. The highest BCUT2D eigenvalue weighted by molar-refractivity contribution is 7.92. The lowest BCUT2D eigenvalue weighted by molar-refractivity contribution is -0.119. The molecule has 0 spiro atoms. The number of methoxy groups -OCH3 is 3.